The summed E-state index contributed by atoms with van der Waals surface area (Å²) < 4.78 is 5.11. The number of hydrazone groups is 1. The van der Waals surface area contributed by atoms with Gasteiger partial charge in [0.2, 0.25) is 0 Å². The highest BCUT2D eigenvalue weighted by atomic mass is 16.5. The summed E-state index contributed by atoms with van der Waals surface area (Å²) in [5.41, 5.74) is 0.304. The summed E-state index contributed by atoms with van der Waals surface area (Å²) in [6, 6.07) is 10.1. The Kier molecular flexibility index (Phi) is 4.31. The number of aromatic nitrogens is 1. The van der Waals surface area contributed by atoms with E-state index in [1.807, 2.05) is 6.92 Å². The van der Waals surface area contributed by atoms with Crippen LogP contribution in [0.25, 0.3) is 0 Å². The molecule has 0 saturated carbocycles. The molecule has 24 heavy (non-hydrogen) atoms. The zero-order valence-corrected chi connectivity index (χ0v) is 13.6. The van der Waals surface area contributed by atoms with E-state index >= 15 is 0 Å². The molecular formula is C18H19N3O3. The molecule has 0 aliphatic carbocycles. The van der Waals surface area contributed by atoms with Gasteiger partial charge in [0.05, 0.1) is 7.11 Å². The number of ether oxygens (including phenoxy) is 1. The first-order chi connectivity index (χ1) is 11.6. The minimum atomic E-state index is -1.49. The summed E-state index contributed by atoms with van der Waals surface area (Å²) >= 11 is 0. The van der Waals surface area contributed by atoms with E-state index in [0.29, 0.717) is 23.3 Å². The van der Waals surface area contributed by atoms with Crippen molar-refractivity contribution >= 4 is 11.6 Å². The molecule has 2 heterocycles. The van der Waals surface area contributed by atoms with Gasteiger partial charge in [0.1, 0.15) is 5.75 Å². The molecule has 1 aromatic heterocycles. The second-order valence-electron chi connectivity index (χ2n) is 5.59. The lowest BCUT2D eigenvalue weighted by Crippen LogP contribution is -2.43. The molecule has 0 radical (unpaired) electrons. The molecule has 1 aliphatic heterocycles. The number of hydrogen-bond donors (Lipinski definition) is 1. The van der Waals surface area contributed by atoms with Gasteiger partial charge in [0, 0.05) is 35.7 Å². The van der Waals surface area contributed by atoms with Gasteiger partial charge in [-0.1, -0.05) is 6.92 Å². The largest absolute Gasteiger partial charge is 0.497 e. The Hall–Kier alpha value is -2.73. The van der Waals surface area contributed by atoms with E-state index in [2.05, 4.69) is 10.1 Å². The number of hydrogen-bond acceptors (Lipinski definition) is 5. The Morgan fingerprint density at radius 1 is 1.25 bits per heavy atom. The molecule has 1 atom stereocenters. The van der Waals surface area contributed by atoms with Gasteiger partial charge in [-0.15, -0.1) is 0 Å². The Morgan fingerprint density at radius 2 is 1.92 bits per heavy atom. The van der Waals surface area contributed by atoms with Crippen LogP contribution >= 0.6 is 0 Å². The number of rotatable bonds is 4. The zero-order valence-electron chi connectivity index (χ0n) is 13.6. The predicted octanol–water partition coefficient (Wildman–Crippen LogP) is 2.55. The predicted molar refractivity (Wildman–Crippen MR) is 89.6 cm³/mol. The standard InChI is InChI=1S/C18H19N3O3/c1-3-15-12-18(23,14-8-10-19-11-9-14)21(20-15)17(22)13-4-6-16(24-2)7-5-13/h4-11,23H,3,12H2,1-2H3/t18-/m0/s1. The number of nitrogens with zero attached hydrogens (tertiary/aromatic N) is 3. The Bertz CT molecular complexity index is 759. The lowest BCUT2D eigenvalue weighted by Gasteiger charge is -2.31. The number of pyridine rings is 1. The van der Waals surface area contributed by atoms with E-state index < -0.39 is 5.72 Å². The van der Waals surface area contributed by atoms with Gasteiger partial charge in [-0.2, -0.15) is 10.1 Å². The topological polar surface area (TPSA) is 75.0 Å². The fourth-order valence-electron chi connectivity index (χ4n) is 2.73. The number of benzene rings is 1. The molecule has 0 unspecified atom stereocenters. The highest BCUT2D eigenvalue weighted by Crippen LogP contribution is 2.36. The van der Waals surface area contributed by atoms with Crippen LogP contribution in [0.2, 0.25) is 0 Å². The SMILES string of the molecule is CCC1=NN(C(=O)c2ccc(OC)cc2)[C@@](O)(c2ccncc2)C1. The van der Waals surface area contributed by atoms with Crippen molar-refractivity contribution in [2.45, 2.75) is 25.5 Å². The molecular weight excluding hydrogens is 306 g/mol. The van der Waals surface area contributed by atoms with E-state index in [-0.39, 0.29) is 12.3 Å². The van der Waals surface area contributed by atoms with Crippen LogP contribution in [0.15, 0.2) is 53.9 Å². The average molecular weight is 325 g/mol. The molecule has 0 saturated heterocycles. The monoisotopic (exact) mass is 325 g/mol. The van der Waals surface area contributed by atoms with Gasteiger partial charge in [0.15, 0.2) is 5.72 Å². The van der Waals surface area contributed by atoms with Crippen LogP contribution in [0.4, 0.5) is 0 Å². The normalized spacial score (nSPS) is 20.0. The van der Waals surface area contributed by atoms with Crippen molar-refractivity contribution in [1.29, 1.82) is 0 Å². The maximum Gasteiger partial charge on any atom is 0.276 e. The molecule has 2 aromatic rings. The van der Waals surface area contributed by atoms with Gasteiger partial charge in [-0.05, 0) is 42.8 Å². The first-order valence-electron chi connectivity index (χ1n) is 7.76. The van der Waals surface area contributed by atoms with Gasteiger partial charge in [0.25, 0.3) is 5.91 Å². The minimum absolute atomic E-state index is 0.287. The Labute approximate surface area is 140 Å². The lowest BCUT2D eigenvalue weighted by molar-refractivity contribution is -0.0766. The molecule has 1 amide bonds. The molecule has 1 aromatic carbocycles. The minimum Gasteiger partial charge on any atom is -0.497 e. The highest BCUT2D eigenvalue weighted by molar-refractivity contribution is 5.98. The van der Waals surface area contributed by atoms with Crippen LogP contribution in [0.1, 0.15) is 35.7 Å². The van der Waals surface area contributed by atoms with Crippen LogP contribution in [0, 0.1) is 0 Å². The number of amides is 1. The van der Waals surface area contributed by atoms with Crippen LogP contribution in [0.5, 0.6) is 5.75 Å². The van der Waals surface area contributed by atoms with Crippen molar-refractivity contribution in [2.24, 2.45) is 5.10 Å². The second-order valence-corrected chi connectivity index (χ2v) is 5.59. The molecule has 0 spiro atoms. The smallest absolute Gasteiger partial charge is 0.276 e. The number of methoxy groups -OCH3 is 1. The maximum atomic E-state index is 12.9. The lowest BCUT2D eigenvalue weighted by atomic mass is 9.97. The van der Waals surface area contributed by atoms with E-state index in [1.54, 1.807) is 55.9 Å². The van der Waals surface area contributed by atoms with E-state index in [0.717, 1.165) is 5.71 Å². The summed E-state index contributed by atoms with van der Waals surface area (Å²) in [7, 11) is 1.57. The maximum absolute atomic E-state index is 12.9. The quantitative estimate of drug-likeness (QED) is 0.937. The fraction of sp³-hybridized carbons (Fsp3) is 0.278. The third-order valence-electron chi connectivity index (χ3n) is 4.12. The third-order valence-corrected chi connectivity index (χ3v) is 4.12. The second kappa shape index (κ2) is 6.41. The third kappa shape index (κ3) is 2.76. The molecule has 3 rings (SSSR count). The van der Waals surface area contributed by atoms with E-state index in [4.69, 9.17) is 4.74 Å². The van der Waals surface area contributed by atoms with Crippen molar-refractivity contribution in [2.75, 3.05) is 7.11 Å². The van der Waals surface area contributed by atoms with E-state index in [1.165, 1.54) is 5.01 Å². The number of aliphatic hydroxyl groups is 1. The molecule has 0 bridgehead atoms. The van der Waals surface area contributed by atoms with Crippen LogP contribution in [-0.2, 0) is 5.72 Å². The van der Waals surface area contributed by atoms with Crippen molar-refractivity contribution in [1.82, 2.24) is 9.99 Å². The molecule has 6 nitrogen and oxygen atoms in total. The van der Waals surface area contributed by atoms with Crippen LogP contribution < -0.4 is 4.74 Å². The fourth-order valence-corrected chi connectivity index (χ4v) is 2.73. The molecule has 1 aliphatic rings. The van der Waals surface area contributed by atoms with Crippen molar-refractivity contribution in [3.05, 3.63) is 59.9 Å². The molecule has 6 heteroatoms. The number of carbonyl (C=O) groups is 1. The van der Waals surface area contributed by atoms with Crippen molar-refractivity contribution < 1.29 is 14.6 Å². The summed E-state index contributed by atoms with van der Waals surface area (Å²) in [5.74, 6) is 0.301. The summed E-state index contributed by atoms with van der Waals surface area (Å²) in [5, 5.41) is 16.7. The van der Waals surface area contributed by atoms with Crippen molar-refractivity contribution in [3.8, 4) is 5.75 Å². The van der Waals surface area contributed by atoms with Gasteiger partial charge >= 0.3 is 0 Å². The molecule has 1 N–H and O–H groups in total. The van der Waals surface area contributed by atoms with Gasteiger partial charge in [-0.25, -0.2) is 0 Å². The summed E-state index contributed by atoms with van der Waals surface area (Å²) in [6.45, 7) is 1.95. The first kappa shape index (κ1) is 16.1. The highest BCUT2D eigenvalue weighted by Gasteiger charge is 2.45. The average Bonchev–Trinajstić information content (AvgIpc) is 3.00. The zero-order chi connectivity index (χ0) is 17.2. The first-order valence-corrected chi connectivity index (χ1v) is 7.76. The van der Waals surface area contributed by atoms with Crippen molar-refractivity contribution in [3.63, 3.8) is 0 Å². The summed E-state index contributed by atoms with van der Waals surface area (Å²) in [6.07, 6.45) is 4.13. The van der Waals surface area contributed by atoms with Crippen LogP contribution in [-0.4, -0.2) is 33.8 Å². The van der Waals surface area contributed by atoms with E-state index in [9.17, 15) is 9.90 Å². The summed E-state index contributed by atoms with van der Waals surface area (Å²) in [4.78, 5) is 16.9. The molecule has 124 valence electrons. The Morgan fingerprint density at radius 3 is 2.50 bits per heavy atom. The molecule has 0 fully saturated rings. The van der Waals surface area contributed by atoms with Crippen LogP contribution in [0.3, 0.4) is 0 Å². The Balaban J connectivity index is 1.98. The van der Waals surface area contributed by atoms with Gasteiger partial charge in [-0.3, -0.25) is 9.78 Å². The van der Waals surface area contributed by atoms with Gasteiger partial charge < -0.3 is 9.84 Å². The number of carbonyl (C=O) groups excluding carboxylic acids is 1.